The van der Waals surface area contributed by atoms with Gasteiger partial charge in [-0.1, -0.05) is 41.6 Å². The molecule has 0 saturated heterocycles. The van der Waals surface area contributed by atoms with Gasteiger partial charge in [0, 0.05) is 16.8 Å². The molecule has 0 spiro atoms. The lowest BCUT2D eigenvalue weighted by molar-refractivity contribution is -0.115. The number of carbonyl (C=O) groups excluding carboxylic acids is 2. The topological polar surface area (TPSA) is 106 Å². The van der Waals surface area contributed by atoms with Gasteiger partial charge >= 0.3 is 0 Å². The molecule has 4 aromatic rings. The molecule has 0 aliphatic heterocycles. The highest BCUT2D eigenvalue weighted by atomic mass is 32.2. The van der Waals surface area contributed by atoms with Crippen LogP contribution in [0.3, 0.4) is 0 Å². The van der Waals surface area contributed by atoms with Crippen LogP contribution in [0, 0.1) is 6.92 Å². The second-order valence-corrected chi connectivity index (χ2v) is 9.01. The van der Waals surface area contributed by atoms with Gasteiger partial charge in [0.25, 0.3) is 11.1 Å². The second-order valence-electron chi connectivity index (χ2n) is 7.72. The average molecular weight is 489 g/mol. The molecule has 35 heavy (non-hydrogen) atoms. The van der Waals surface area contributed by atoms with E-state index in [1.54, 1.807) is 50.4 Å². The molecule has 0 fully saturated rings. The predicted octanol–water partition coefficient (Wildman–Crippen LogP) is 5.43. The van der Waals surface area contributed by atoms with Gasteiger partial charge in [-0.15, -0.1) is 10.2 Å². The Labute approximate surface area is 207 Å². The number of aryl methyl sites for hydroxylation is 1. The first-order chi connectivity index (χ1) is 16.9. The van der Waals surface area contributed by atoms with Crippen LogP contribution in [0.5, 0.6) is 5.75 Å². The zero-order chi connectivity index (χ0) is 24.8. The molecule has 1 heterocycles. The summed E-state index contributed by atoms with van der Waals surface area (Å²) in [4.78, 5) is 25.2. The summed E-state index contributed by atoms with van der Waals surface area (Å²) in [6.07, 6.45) is 0. The van der Waals surface area contributed by atoms with E-state index in [1.807, 2.05) is 43.3 Å². The summed E-state index contributed by atoms with van der Waals surface area (Å²) in [6.45, 7) is 3.76. The largest absolute Gasteiger partial charge is 0.495 e. The van der Waals surface area contributed by atoms with Crippen molar-refractivity contribution in [2.45, 2.75) is 24.3 Å². The lowest BCUT2D eigenvalue weighted by Gasteiger charge is -2.11. The minimum absolute atomic E-state index is 0.226. The molecule has 1 atom stereocenters. The molecule has 1 unspecified atom stereocenters. The van der Waals surface area contributed by atoms with Crippen molar-refractivity contribution in [3.05, 3.63) is 83.9 Å². The highest BCUT2D eigenvalue weighted by Gasteiger charge is 2.19. The van der Waals surface area contributed by atoms with E-state index in [4.69, 9.17) is 9.15 Å². The molecule has 3 aromatic carbocycles. The number of ether oxygens (including phenoxy) is 1. The van der Waals surface area contributed by atoms with Crippen molar-refractivity contribution in [3.8, 4) is 17.2 Å². The Hall–Kier alpha value is -4.11. The van der Waals surface area contributed by atoms with Crippen LogP contribution in [-0.2, 0) is 4.79 Å². The Morgan fingerprint density at radius 2 is 1.66 bits per heavy atom. The van der Waals surface area contributed by atoms with Crippen molar-refractivity contribution < 1.29 is 18.7 Å². The van der Waals surface area contributed by atoms with Gasteiger partial charge in [-0.25, -0.2) is 0 Å². The number of hydrogen-bond donors (Lipinski definition) is 2. The van der Waals surface area contributed by atoms with Crippen LogP contribution in [0.1, 0.15) is 22.8 Å². The molecule has 0 radical (unpaired) electrons. The average Bonchev–Trinajstić information content (AvgIpc) is 3.33. The number of nitrogens with one attached hydrogen (secondary N) is 2. The number of aromatic nitrogens is 2. The molecule has 9 heteroatoms. The number of rotatable bonds is 8. The molecule has 2 amide bonds. The van der Waals surface area contributed by atoms with Gasteiger partial charge in [0.05, 0.1) is 18.0 Å². The fourth-order valence-corrected chi connectivity index (χ4v) is 3.85. The van der Waals surface area contributed by atoms with Crippen LogP contribution in [0.15, 0.2) is 82.4 Å². The number of hydrogen-bond acceptors (Lipinski definition) is 7. The number of thioether (sulfide) groups is 1. The van der Waals surface area contributed by atoms with Crippen molar-refractivity contribution in [1.29, 1.82) is 0 Å². The maximum Gasteiger partial charge on any atom is 0.277 e. The lowest BCUT2D eigenvalue weighted by Crippen LogP contribution is -2.22. The molecule has 1 aromatic heterocycles. The number of para-hydroxylation sites is 2. The lowest BCUT2D eigenvalue weighted by atomic mass is 10.1. The molecular weight excluding hydrogens is 464 g/mol. The molecule has 0 aliphatic rings. The number of anilines is 2. The molecule has 0 aliphatic carbocycles. The van der Waals surface area contributed by atoms with E-state index in [0.717, 1.165) is 11.1 Å². The summed E-state index contributed by atoms with van der Waals surface area (Å²) in [7, 11) is 1.54. The summed E-state index contributed by atoms with van der Waals surface area (Å²) < 4.78 is 11.0. The van der Waals surface area contributed by atoms with Crippen molar-refractivity contribution in [2.75, 3.05) is 17.7 Å². The molecule has 4 rings (SSSR count). The molecule has 0 saturated carbocycles. The maximum absolute atomic E-state index is 12.6. The monoisotopic (exact) mass is 488 g/mol. The quantitative estimate of drug-likeness (QED) is 0.319. The number of amides is 2. The Kier molecular flexibility index (Phi) is 7.47. The number of methoxy groups -OCH3 is 1. The Bertz CT molecular complexity index is 1320. The third-order valence-corrected chi connectivity index (χ3v) is 6.06. The predicted molar refractivity (Wildman–Crippen MR) is 136 cm³/mol. The van der Waals surface area contributed by atoms with E-state index in [1.165, 1.54) is 11.8 Å². The first-order valence-corrected chi connectivity index (χ1v) is 11.7. The summed E-state index contributed by atoms with van der Waals surface area (Å²) in [6, 6.07) is 21.6. The van der Waals surface area contributed by atoms with Crippen LogP contribution < -0.4 is 15.4 Å². The fraction of sp³-hybridized carbons (Fsp3) is 0.154. The van der Waals surface area contributed by atoms with Gasteiger partial charge in [-0.05, 0) is 62.4 Å². The van der Waals surface area contributed by atoms with E-state index in [-0.39, 0.29) is 11.8 Å². The van der Waals surface area contributed by atoms with Crippen molar-refractivity contribution >= 4 is 35.0 Å². The van der Waals surface area contributed by atoms with Gasteiger partial charge in [0.15, 0.2) is 0 Å². The third kappa shape index (κ3) is 6.07. The molecule has 178 valence electrons. The summed E-state index contributed by atoms with van der Waals surface area (Å²) >= 11 is 1.17. The summed E-state index contributed by atoms with van der Waals surface area (Å²) in [5.41, 5.74) is 3.56. The molecular formula is C26H24N4O4S. The Morgan fingerprint density at radius 3 is 2.37 bits per heavy atom. The van der Waals surface area contributed by atoms with Crippen LogP contribution in [0.2, 0.25) is 0 Å². The molecule has 0 bridgehead atoms. The highest BCUT2D eigenvalue weighted by Crippen LogP contribution is 2.27. The van der Waals surface area contributed by atoms with E-state index >= 15 is 0 Å². The van der Waals surface area contributed by atoms with Crippen LogP contribution in [0.25, 0.3) is 11.5 Å². The van der Waals surface area contributed by atoms with Crippen molar-refractivity contribution in [3.63, 3.8) is 0 Å². The first kappa shape index (κ1) is 24.0. The van der Waals surface area contributed by atoms with Crippen LogP contribution in [0.4, 0.5) is 11.4 Å². The Balaban J connectivity index is 1.33. The first-order valence-electron chi connectivity index (χ1n) is 10.9. The van der Waals surface area contributed by atoms with Gasteiger partial charge in [0.2, 0.25) is 11.8 Å². The number of carbonyl (C=O) groups is 2. The number of benzene rings is 3. The van der Waals surface area contributed by atoms with Gasteiger partial charge in [-0.3, -0.25) is 9.59 Å². The highest BCUT2D eigenvalue weighted by molar-refractivity contribution is 8.00. The SMILES string of the molecule is COc1ccccc1NC(=O)c1ccc(NC(=O)C(C)Sc2nnc(-c3ccc(C)cc3)o2)cc1. The van der Waals surface area contributed by atoms with E-state index < -0.39 is 5.25 Å². The van der Waals surface area contributed by atoms with Gasteiger partial charge in [0.1, 0.15) is 5.75 Å². The minimum Gasteiger partial charge on any atom is -0.495 e. The Morgan fingerprint density at radius 1 is 0.943 bits per heavy atom. The van der Waals surface area contributed by atoms with Gasteiger partial charge < -0.3 is 19.8 Å². The van der Waals surface area contributed by atoms with E-state index in [9.17, 15) is 9.59 Å². The maximum atomic E-state index is 12.6. The van der Waals surface area contributed by atoms with Crippen molar-refractivity contribution in [1.82, 2.24) is 10.2 Å². The fourth-order valence-electron chi connectivity index (χ4n) is 3.17. The van der Waals surface area contributed by atoms with Gasteiger partial charge in [-0.2, -0.15) is 0 Å². The smallest absolute Gasteiger partial charge is 0.277 e. The summed E-state index contributed by atoms with van der Waals surface area (Å²) in [5, 5.41) is 13.6. The zero-order valence-electron chi connectivity index (χ0n) is 19.4. The van der Waals surface area contributed by atoms with E-state index in [2.05, 4.69) is 20.8 Å². The standard InChI is InChI=1S/C26H24N4O4S/c1-16-8-10-19(11-9-16)25-29-30-26(34-25)35-17(2)23(31)27-20-14-12-18(13-15-20)24(32)28-21-6-4-5-7-22(21)33-3/h4-15,17H,1-3H3,(H,27,31)(H,28,32). The zero-order valence-corrected chi connectivity index (χ0v) is 20.3. The normalized spacial score (nSPS) is 11.5. The minimum atomic E-state index is -0.477. The van der Waals surface area contributed by atoms with E-state index in [0.29, 0.717) is 33.8 Å². The number of nitrogens with zero attached hydrogens (tertiary/aromatic N) is 2. The third-order valence-electron chi connectivity index (χ3n) is 5.12. The molecule has 2 N–H and O–H groups in total. The van der Waals surface area contributed by atoms with Crippen LogP contribution >= 0.6 is 11.8 Å². The van der Waals surface area contributed by atoms with Crippen molar-refractivity contribution in [2.24, 2.45) is 0 Å². The van der Waals surface area contributed by atoms with Crippen LogP contribution in [-0.4, -0.2) is 34.4 Å². The summed E-state index contributed by atoms with van der Waals surface area (Å²) in [5.74, 6) is 0.471. The molecule has 8 nitrogen and oxygen atoms in total. The second kappa shape index (κ2) is 10.9.